The molecule has 0 aliphatic rings. The van der Waals surface area contributed by atoms with Gasteiger partial charge >= 0.3 is 11.9 Å². The minimum atomic E-state index is -1.82. The summed E-state index contributed by atoms with van der Waals surface area (Å²) in [4.78, 5) is 20.6. The Bertz CT molecular complexity index is 753. The third kappa shape index (κ3) is 15.0. The first-order valence-electron chi connectivity index (χ1n) is 12.4. The van der Waals surface area contributed by atoms with Crippen LogP contribution >= 0.6 is 0 Å². The highest BCUT2D eigenvalue weighted by Crippen LogP contribution is 2.13. The van der Waals surface area contributed by atoms with Crippen LogP contribution in [0.15, 0.2) is 60.7 Å². The molecule has 7 nitrogen and oxygen atoms in total. The lowest BCUT2D eigenvalue weighted by molar-refractivity contribution is -0.159. The lowest BCUT2D eigenvalue weighted by atomic mass is 10.0. The Kier molecular flexibility index (Phi) is 16.1. The first-order valence-corrected chi connectivity index (χ1v) is 12.4. The number of ether oxygens (including phenoxy) is 1. The molecule has 0 saturated carbocycles. The molecule has 0 radical (unpaired) electrons. The topological polar surface area (TPSA) is 107 Å². The van der Waals surface area contributed by atoms with Crippen molar-refractivity contribution in [3.63, 3.8) is 0 Å². The average Bonchev–Trinajstić information content (AvgIpc) is 2.85. The van der Waals surface area contributed by atoms with Crippen LogP contribution in [0.4, 0.5) is 0 Å². The predicted molar refractivity (Wildman–Crippen MR) is 138 cm³/mol. The molecule has 2 aromatic rings. The van der Waals surface area contributed by atoms with Gasteiger partial charge in [-0.2, -0.15) is 0 Å². The summed E-state index contributed by atoms with van der Waals surface area (Å²) in [7, 11) is 0. The molecule has 0 spiro atoms. The van der Waals surface area contributed by atoms with E-state index in [4.69, 9.17) is 24.5 Å². The Morgan fingerprint density at radius 1 is 0.800 bits per heavy atom. The zero-order valence-electron chi connectivity index (χ0n) is 21.0. The van der Waals surface area contributed by atoms with Crippen molar-refractivity contribution in [2.75, 3.05) is 26.2 Å². The fraction of sp³-hybridized carbons (Fsp3) is 0.500. The number of nitrogens with zero attached hydrogens (tertiary/aromatic N) is 1. The van der Waals surface area contributed by atoms with Crippen molar-refractivity contribution in [2.45, 2.75) is 64.6 Å². The summed E-state index contributed by atoms with van der Waals surface area (Å²) in [5.74, 6) is -3.65. The summed E-state index contributed by atoms with van der Waals surface area (Å²) < 4.78 is 6.24. The molecular weight excluding hydrogens is 446 g/mol. The van der Waals surface area contributed by atoms with Crippen LogP contribution in [0.1, 0.15) is 50.7 Å². The second-order valence-electron chi connectivity index (χ2n) is 8.61. The molecule has 1 atom stereocenters. The summed E-state index contributed by atoms with van der Waals surface area (Å²) in [6.07, 6.45) is 6.07. The van der Waals surface area contributed by atoms with E-state index in [-0.39, 0.29) is 6.10 Å². The standard InChI is InChI=1S/C26H39NO2.C2H2O4/c1-3-5-17-27(18-6-4-2)21-25(28)22-29-26(19-23-13-9-7-10-14-23)20-24-15-11-8-12-16-24;3-1(4)2(5)6/h7-16,25-26,28H,3-6,17-22H2,1-2H3;(H,3,4)(H,5,6). The quantitative estimate of drug-likeness (QED) is 0.322. The van der Waals surface area contributed by atoms with Crippen LogP contribution in [0, 0.1) is 0 Å². The van der Waals surface area contributed by atoms with E-state index in [2.05, 4.69) is 67.3 Å². The molecule has 0 aliphatic carbocycles. The van der Waals surface area contributed by atoms with Gasteiger partial charge in [0.1, 0.15) is 0 Å². The molecule has 0 fully saturated rings. The average molecular weight is 488 g/mol. The summed E-state index contributed by atoms with van der Waals surface area (Å²) >= 11 is 0. The Labute approximate surface area is 209 Å². The number of aliphatic carboxylic acids is 2. The van der Waals surface area contributed by atoms with Gasteiger partial charge in [0.15, 0.2) is 0 Å². The Morgan fingerprint density at radius 2 is 1.23 bits per heavy atom. The first kappa shape index (κ1) is 30.3. The molecule has 0 aromatic heterocycles. The monoisotopic (exact) mass is 487 g/mol. The molecule has 0 saturated heterocycles. The molecule has 0 amide bonds. The van der Waals surface area contributed by atoms with Gasteiger partial charge in [-0.25, -0.2) is 9.59 Å². The second-order valence-corrected chi connectivity index (χ2v) is 8.61. The van der Waals surface area contributed by atoms with Gasteiger partial charge in [0.25, 0.3) is 0 Å². The number of aliphatic hydroxyl groups is 1. The fourth-order valence-corrected chi connectivity index (χ4v) is 3.60. The van der Waals surface area contributed by atoms with Crippen LogP contribution in [-0.2, 0) is 27.2 Å². The summed E-state index contributed by atoms with van der Waals surface area (Å²) in [5, 5.41) is 25.4. The smallest absolute Gasteiger partial charge is 0.414 e. The van der Waals surface area contributed by atoms with E-state index in [0.717, 1.165) is 25.9 Å². The van der Waals surface area contributed by atoms with Gasteiger partial charge in [-0.3, -0.25) is 0 Å². The van der Waals surface area contributed by atoms with Crippen molar-refractivity contribution >= 4 is 11.9 Å². The third-order valence-corrected chi connectivity index (χ3v) is 5.44. The van der Waals surface area contributed by atoms with Gasteiger partial charge in [-0.05, 0) is 49.9 Å². The third-order valence-electron chi connectivity index (χ3n) is 5.44. The van der Waals surface area contributed by atoms with Crippen molar-refractivity contribution in [1.29, 1.82) is 0 Å². The van der Waals surface area contributed by atoms with Crippen molar-refractivity contribution in [3.8, 4) is 0 Å². The maximum Gasteiger partial charge on any atom is 0.414 e. The van der Waals surface area contributed by atoms with Crippen LogP contribution in [0.2, 0.25) is 0 Å². The number of benzene rings is 2. The number of rotatable bonds is 15. The van der Waals surface area contributed by atoms with Crippen LogP contribution < -0.4 is 0 Å². The molecule has 194 valence electrons. The van der Waals surface area contributed by atoms with E-state index < -0.39 is 18.0 Å². The molecule has 0 bridgehead atoms. The van der Waals surface area contributed by atoms with E-state index in [1.807, 2.05) is 12.1 Å². The number of carboxylic acid groups (broad SMARTS) is 2. The number of carbonyl (C=O) groups is 2. The molecular formula is C28H41NO6. The normalized spacial score (nSPS) is 11.7. The van der Waals surface area contributed by atoms with Gasteiger partial charge < -0.3 is 25.0 Å². The maximum atomic E-state index is 10.6. The zero-order chi connectivity index (χ0) is 25.9. The van der Waals surface area contributed by atoms with E-state index in [1.54, 1.807) is 0 Å². The van der Waals surface area contributed by atoms with E-state index in [0.29, 0.717) is 13.2 Å². The molecule has 35 heavy (non-hydrogen) atoms. The van der Waals surface area contributed by atoms with Gasteiger partial charge in [0.05, 0.1) is 18.8 Å². The summed E-state index contributed by atoms with van der Waals surface area (Å²) in [5.41, 5.74) is 2.55. The molecule has 2 aromatic carbocycles. The predicted octanol–water partition coefficient (Wildman–Crippen LogP) is 4.28. The van der Waals surface area contributed by atoms with Gasteiger partial charge in [-0.15, -0.1) is 0 Å². The first-order chi connectivity index (χ1) is 16.8. The molecule has 7 heteroatoms. The SMILES string of the molecule is CCCCN(CCCC)CC(O)COC(Cc1ccccc1)Cc1ccccc1.O=C(O)C(=O)O. The lowest BCUT2D eigenvalue weighted by Crippen LogP contribution is -2.37. The minimum absolute atomic E-state index is 0.0641. The van der Waals surface area contributed by atoms with Crippen molar-refractivity contribution in [3.05, 3.63) is 71.8 Å². The largest absolute Gasteiger partial charge is 0.473 e. The molecule has 3 N–H and O–H groups in total. The number of carboxylic acids is 2. The highest BCUT2D eigenvalue weighted by molar-refractivity contribution is 6.27. The number of hydrogen-bond acceptors (Lipinski definition) is 5. The second kappa shape index (κ2) is 18.6. The highest BCUT2D eigenvalue weighted by atomic mass is 16.5. The van der Waals surface area contributed by atoms with Crippen LogP contribution in [-0.4, -0.2) is 70.6 Å². The summed E-state index contributed by atoms with van der Waals surface area (Å²) in [6, 6.07) is 21.0. The maximum absolute atomic E-state index is 10.6. The summed E-state index contributed by atoms with van der Waals surface area (Å²) in [6.45, 7) is 7.64. The van der Waals surface area contributed by atoms with Gasteiger partial charge in [0.2, 0.25) is 0 Å². The van der Waals surface area contributed by atoms with Gasteiger partial charge in [-0.1, -0.05) is 87.4 Å². The minimum Gasteiger partial charge on any atom is -0.473 e. The Balaban J connectivity index is 0.000000905. The van der Waals surface area contributed by atoms with Crippen molar-refractivity contribution < 1.29 is 29.6 Å². The lowest BCUT2D eigenvalue weighted by Gasteiger charge is -2.26. The molecule has 0 aliphatic heterocycles. The number of unbranched alkanes of at least 4 members (excludes halogenated alkanes) is 2. The Morgan fingerprint density at radius 3 is 1.60 bits per heavy atom. The van der Waals surface area contributed by atoms with Gasteiger partial charge in [0, 0.05) is 6.54 Å². The van der Waals surface area contributed by atoms with Crippen molar-refractivity contribution in [2.24, 2.45) is 0 Å². The highest BCUT2D eigenvalue weighted by Gasteiger charge is 2.16. The van der Waals surface area contributed by atoms with Crippen LogP contribution in [0.3, 0.4) is 0 Å². The van der Waals surface area contributed by atoms with Crippen molar-refractivity contribution in [1.82, 2.24) is 4.90 Å². The number of hydrogen-bond donors (Lipinski definition) is 3. The van der Waals surface area contributed by atoms with Crippen LogP contribution in [0.25, 0.3) is 0 Å². The zero-order valence-corrected chi connectivity index (χ0v) is 21.0. The van der Waals surface area contributed by atoms with E-state index >= 15 is 0 Å². The van der Waals surface area contributed by atoms with Crippen LogP contribution in [0.5, 0.6) is 0 Å². The van der Waals surface area contributed by atoms with E-state index in [9.17, 15) is 5.11 Å². The van der Waals surface area contributed by atoms with E-state index in [1.165, 1.54) is 36.8 Å². The molecule has 2 rings (SSSR count). The fourth-order valence-electron chi connectivity index (χ4n) is 3.60. The molecule has 1 unspecified atom stereocenters. The molecule has 0 heterocycles. The Hall–Kier alpha value is -2.74. The number of aliphatic hydroxyl groups excluding tert-OH is 1.